The zero-order chi connectivity index (χ0) is 6.85. The van der Waals surface area contributed by atoms with Gasteiger partial charge in [-0.3, -0.25) is 9.97 Å². The summed E-state index contributed by atoms with van der Waals surface area (Å²) in [6.45, 7) is 7.23. The molecule has 0 radical (unpaired) electrons. The summed E-state index contributed by atoms with van der Waals surface area (Å²) in [4.78, 5) is 11.8. The third kappa shape index (κ3) is 3.07. The van der Waals surface area contributed by atoms with Gasteiger partial charge < -0.3 is 6.92 Å². The van der Waals surface area contributed by atoms with E-state index in [9.17, 15) is 0 Å². The molecule has 0 N–H and O–H groups in total. The third-order valence-corrected chi connectivity index (χ3v) is 0.905. The molecule has 1 aromatic rings. The van der Waals surface area contributed by atoms with Gasteiger partial charge in [0, 0.05) is 0 Å². The topological polar surface area (TPSA) is 38.7 Å². The van der Waals surface area contributed by atoms with Crippen molar-refractivity contribution in [1.29, 1.82) is 0 Å². The quantitative estimate of drug-likeness (QED) is 0.316. The molecule has 0 aliphatic carbocycles. The molecule has 48 valence electrons. The Bertz CT molecular complexity index is 174. The van der Waals surface area contributed by atoms with Crippen LogP contribution in [-0.4, -0.2) is 15.0 Å². The Labute approximate surface area is 103 Å². The largest absolute Gasteiger partial charge is 1.00 e. The molecule has 1 heterocycles. The Hall–Kier alpha value is 0.516. The molecule has 0 bridgehead atoms. The molecule has 0 atom stereocenters. The fourth-order valence-electron chi connectivity index (χ4n) is 0.683. The second kappa shape index (κ2) is 4.41. The van der Waals surface area contributed by atoms with Crippen molar-refractivity contribution in [3.8, 4) is 0 Å². The molecule has 1 rings (SSSR count). The van der Waals surface area contributed by atoms with Crippen LogP contribution in [0.5, 0.6) is 0 Å². The van der Waals surface area contributed by atoms with Crippen LogP contribution in [0.1, 0.15) is 17.5 Å². The van der Waals surface area contributed by atoms with E-state index in [-0.39, 0.29) is 51.4 Å². The van der Waals surface area contributed by atoms with Crippen molar-refractivity contribution in [2.45, 2.75) is 13.8 Å². The maximum absolute atomic E-state index is 3.97. The third-order valence-electron chi connectivity index (χ3n) is 0.905. The van der Waals surface area contributed by atoms with Gasteiger partial charge in [0.25, 0.3) is 0 Å². The van der Waals surface area contributed by atoms with Crippen molar-refractivity contribution in [2.75, 3.05) is 0 Å². The Morgan fingerprint density at radius 3 is 1.70 bits per heavy atom. The van der Waals surface area contributed by atoms with Gasteiger partial charge in [0.2, 0.25) is 0 Å². The van der Waals surface area contributed by atoms with Crippen molar-refractivity contribution in [1.82, 2.24) is 15.0 Å². The summed E-state index contributed by atoms with van der Waals surface area (Å²) < 4.78 is 0. The Balaban J connectivity index is 0.000000810. The van der Waals surface area contributed by atoms with Crippen LogP contribution in [0.2, 0.25) is 0 Å². The Morgan fingerprint density at radius 2 is 1.40 bits per heavy atom. The second-order valence-corrected chi connectivity index (χ2v) is 1.85. The predicted molar refractivity (Wildman–Crippen MR) is 33.8 cm³/mol. The van der Waals surface area contributed by atoms with Crippen molar-refractivity contribution < 1.29 is 51.4 Å². The second-order valence-electron chi connectivity index (χ2n) is 1.85. The number of aryl methyl sites for hydroxylation is 2. The standard InChI is InChI=1S/C6H8N3.K/c1-4-7-5(2)9-6(3)8-4;/h1H2,2-3H3;/q-1;+1. The summed E-state index contributed by atoms with van der Waals surface area (Å²) in [6.07, 6.45) is 0. The summed E-state index contributed by atoms with van der Waals surface area (Å²) in [5.41, 5.74) is 0. The molecule has 10 heavy (non-hydrogen) atoms. The molecule has 0 aromatic carbocycles. The summed E-state index contributed by atoms with van der Waals surface area (Å²) in [5, 5.41) is 0. The van der Waals surface area contributed by atoms with Crippen LogP contribution in [0.15, 0.2) is 0 Å². The number of hydrogen-bond acceptors (Lipinski definition) is 3. The fourth-order valence-corrected chi connectivity index (χ4v) is 0.683. The SMILES string of the molecule is [CH2-]c1nc(C)nc(C)n1.[K+]. The predicted octanol–water partition coefficient (Wildman–Crippen LogP) is -2.33. The van der Waals surface area contributed by atoms with Crippen molar-refractivity contribution >= 4 is 0 Å². The van der Waals surface area contributed by atoms with Crippen molar-refractivity contribution in [2.24, 2.45) is 0 Å². The zero-order valence-electron chi connectivity index (χ0n) is 6.55. The molecule has 0 saturated carbocycles. The van der Waals surface area contributed by atoms with Gasteiger partial charge in [-0.05, 0) is 19.7 Å². The molecule has 0 saturated heterocycles. The maximum atomic E-state index is 3.97. The van der Waals surface area contributed by atoms with Gasteiger partial charge in [-0.15, -0.1) is 0 Å². The fraction of sp³-hybridized carbons (Fsp3) is 0.333. The number of aromatic nitrogens is 3. The molecule has 3 nitrogen and oxygen atoms in total. The van der Waals surface area contributed by atoms with E-state index < -0.39 is 0 Å². The van der Waals surface area contributed by atoms with E-state index in [1.54, 1.807) is 0 Å². The molecule has 0 unspecified atom stereocenters. The van der Waals surface area contributed by atoms with Gasteiger partial charge in [-0.25, -0.2) is 4.98 Å². The van der Waals surface area contributed by atoms with Crippen LogP contribution in [0, 0.1) is 20.8 Å². The van der Waals surface area contributed by atoms with Crippen molar-refractivity contribution in [3.63, 3.8) is 0 Å². The van der Waals surface area contributed by atoms with E-state index in [0.29, 0.717) is 5.82 Å². The minimum absolute atomic E-state index is 0. The summed E-state index contributed by atoms with van der Waals surface area (Å²) in [5.74, 6) is 2.00. The number of nitrogens with zero attached hydrogens (tertiary/aromatic N) is 3. The normalized spacial score (nSPS) is 8.60. The Morgan fingerprint density at radius 1 is 1.00 bits per heavy atom. The first kappa shape index (κ1) is 10.5. The van der Waals surface area contributed by atoms with Crippen LogP contribution in [0.4, 0.5) is 0 Å². The molecule has 0 aliphatic heterocycles. The average Bonchev–Trinajstić information content (AvgIpc) is 1.59. The molecule has 1 aromatic heterocycles. The molecular weight excluding hydrogens is 153 g/mol. The van der Waals surface area contributed by atoms with Gasteiger partial charge >= 0.3 is 51.4 Å². The molecule has 0 spiro atoms. The molecule has 0 fully saturated rings. The molecule has 0 amide bonds. The van der Waals surface area contributed by atoms with E-state index in [0.717, 1.165) is 11.6 Å². The zero-order valence-corrected chi connectivity index (χ0v) is 9.67. The summed E-state index contributed by atoms with van der Waals surface area (Å²) >= 11 is 0. The first-order chi connectivity index (χ1) is 4.18. The number of rotatable bonds is 0. The maximum Gasteiger partial charge on any atom is 1.00 e. The molecule has 4 heteroatoms. The van der Waals surface area contributed by atoms with E-state index in [2.05, 4.69) is 21.9 Å². The first-order valence-corrected chi connectivity index (χ1v) is 2.70. The van der Waals surface area contributed by atoms with E-state index in [4.69, 9.17) is 0 Å². The van der Waals surface area contributed by atoms with Crippen LogP contribution in [-0.2, 0) is 0 Å². The smallest absolute Gasteiger partial charge is 0.338 e. The molecule has 0 aliphatic rings. The monoisotopic (exact) mass is 161 g/mol. The van der Waals surface area contributed by atoms with Gasteiger partial charge in [0.1, 0.15) is 11.6 Å². The van der Waals surface area contributed by atoms with E-state index in [1.165, 1.54) is 0 Å². The van der Waals surface area contributed by atoms with Crippen LogP contribution >= 0.6 is 0 Å². The minimum Gasteiger partial charge on any atom is -0.338 e. The first-order valence-electron chi connectivity index (χ1n) is 2.70. The minimum atomic E-state index is 0. The van der Waals surface area contributed by atoms with Crippen LogP contribution in [0.25, 0.3) is 0 Å². The van der Waals surface area contributed by atoms with Gasteiger partial charge in [0.05, 0.1) is 0 Å². The summed E-state index contributed by atoms with van der Waals surface area (Å²) in [7, 11) is 0. The molecular formula is C6H8KN3. The average molecular weight is 161 g/mol. The van der Waals surface area contributed by atoms with E-state index >= 15 is 0 Å². The van der Waals surface area contributed by atoms with Gasteiger partial charge in [-0.2, -0.15) is 0 Å². The summed E-state index contributed by atoms with van der Waals surface area (Å²) in [6, 6.07) is 0. The van der Waals surface area contributed by atoms with Crippen molar-refractivity contribution in [3.05, 3.63) is 24.4 Å². The number of hydrogen-bond donors (Lipinski definition) is 0. The van der Waals surface area contributed by atoms with Gasteiger partial charge in [-0.1, -0.05) is 0 Å². The van der Waals surface area contributed by atoms with Crippen LogP contribution in [0.3, 0.4) is 0 Å². The Kier molecular flexibility index (Phi) is 4.63. The van der Waals surface area contributed by atoms with Crippen LogP contribution < -0.4 is 51.4 Å². The van der Waals surface area contributed by atoms with E-state index in [1.807, 2.05) is 13.8 Å². The van der Waals surface area contributed by atoms with Gasteiger partial charge in [0.15, 0.2) is 0 Å².